The third-order valence-electron chi connectivity index (χ3n) is 5.96. The second-order valence-electron chi connectivity index (χ2n) is 7.61. The number of fused-ring (bicyclic) bond motifs is 1. The quantitative estimate of drug-likeness (QED) is 0.783. The molecule has 0 bridgehead atoms. The van der Waals surface area contributed by atoms with Crippen molar-refractivity contribution in [2.45, 2.75) is 50.7 Å². The molecule has 1 unspecified atom stereocenters. The van der Waals surface area contributed by atoms with Crippen molar-refractivity contribution in [3.8, 4) is 11.5 Å². The van der Waals surface area contributed by atoms with Crippen molar-refractivity contribution in [1.29, 1.82) is 0 Å². The third kappa shape index (κ3) is 3.70. The lowest BCUT2D eigenvalue weighted by Gasteiger charge is -2.40. The Morgan fingerprint density at radius 1 is 1.07 bits per heavy atom. The SMILES string of the molecule is COc1ccc(OC)c(C2c3cccn3CCN2C(=S)NC2CCCCC2)c1. The second-order valence-corrected chi connectivity index (χ2v) is 8.00. The molecular formula is C22H29N3O2S. The van der Waals surface area contributed by atoms with Crippen LogP contribution in [0.15, 0.2) is 36.5 Å². The number of rotatable bonds is 4. The number of benzene rings is 1. The van der Waals surface area contributed by atoms with E-state index in [0.29, 0.717) is 6.04 Å². The van der Waals surface area contributed by atoms with Gasteiger partial charge in [0.1, 0.15) is 17.5 Å². The van der Waals surface area contributed by atoms with Crippen molar-refractivity contribution in [3.05, 3.63) is 47.8 Å². The van der Waals surface area contributed by atoms with E-state index in [1.54, 1.807) is 14.2 Å². The summed E-state index contributed by atoms with van der Waals surface area (Å²) in [6, 6.07) is 10.8. The Balaban J connectivity index is 1.69. The summed E-state index contributed by atoms with van der Waals surface area (Å²) in [4.78, 5) is 2.32. The van der Waals surface area contributed by atoms with Gasteiger partial charge in [-0.2, -0.15) is 0 Å². The Morgan fingerprint density at radius 3 is 2.64 bits per heavy atom. The van der Waals surface area contributed by atoms with Gasteiger partial charge >= 0.3 is 0 Å². The Bertz CT molecular complexity index is 829. The fourth-order valence-corrected chi connectivity index (χ4v) is 4.85. The molecular weight excluding hydrogens is 370 g/mol. The molecule has 2 aliphatic rings. The lowest BCUT2D eigenvalue weighted by molar-refractivity contribution is 0.271. The number of nitrogens with one attached hydrogen (secondary N) is 1. The number of hydrogen-bond donors (Lipinski definition) is 1. The van der Waals surface area contributed by atoms with Crippen LogP contribution in [0.4, 0.5) is 0 Å². The summed E-state index contributed by atoms with van der Waals surface area (Å²) >= 11 is 5.91. The summed E-state index contributed by atoms with van der Waals surface area (Å²) in [6.07, 6.45) is 8.47. The van der Waals surface area contributed by atoms with E-state index in [1.807, 2.05) is 12.1 Å². The molecule has 0 amide bonds. The number of thiocarbonyl (C=S) groups is 1. The Morgan fingerprint density at radius 2 is 1.89 bits per heavy atom. The van der Waals surface area contributed by atoms with Crippen molar-refractivity contribution in [2.75, 3.05) is 20.8 Å². The molecule has 2 heterocycles. The lowest BCUT2D eigenvalue weighted by Crippen LogP contribution is -2.50. The van der Waals surface area contributed by atoms with E-state index in [-0.39, 0.29) is 6.04 Å². The minimum Gasteiger partial charge on any atom is -0.497 e. The fourth-order valence-electron chi connectivity index (χ4n) is 4.49. The number of hydrogen-bond acceptors (Lipinski definition) is 3. The molecule has 0 spiro atoms. The summed E-state index contributed by atoms with van der Waals surface area (Å²) in [5, 5.41) is 4.50. The van der Waals surface area contributed by atoms with Crippen LogP contribution in [0.3, 0.4) is 0 Å². The van der Waals surface area contributed by atoms with Crippen LogP contribution in [0.2, 0.25) is 0 Å². The van der Waals surface area contributed by atoms with Crippen molar-refractivity contribution < 1.29 is 9.47 Å². The van der Waals surface area contributed by atoms with Gasteiger partial charge in [0.2, 0.25) is 0 Å². The number of aromatic nitrogens is 1. The molecule has 1 aliphatic carbocycles. The van der Waals surface area contributed by atoms with Crippen LogP contribution >= 0.6 is 12.2 Å². The van der Waals surface area contributed by atoms with Crippen LogP contribution in [0, 0.1) is 0 Å². The standard InChI is InChI=1S/C22H29N3O2S/c1-26-17-10-11-20(27-2)18(15-17)21-19-9-6-12-24(19)13-14-25(21)22(28)23-16-7-4-3-5-8-16/h6,9-12,15-16,21H,3-5,7-8,13-14H2,1-2H3,(H,23,28). The van der Waals surface area contributed by atoms with Gasteiger partial charge in [-0.15, -0.1) is 0 Å². The topological polar surface area (TPSA) is 38.7 Å². The summed E-state index contributed by atoms with van der Waals surface area (Å²) in [5.74, 6) is 1.68. The van der Waals surface area contributed by atoms with Gasteiger partial charge in [-0.05, 0) is 55.4 Å². The summed E-state index contributed by atoms with van der Waals surface area (Å²) < 4.78 is 13.5. The molecule has 0 saturated heterocycles. The van der Waals surface area contributed by atoms with Gasteiger partial charge in [0.05, 0.1) is 14.2 Å². The van der Waals surface area contributed by atoms with Gasteiger partial charge in [-0.3, -0.25) is 0 Å². The van der Waals surface area contributed by atoms with Crippen molar-refractivity contribution in [2.24, 2.45) is 0 Å². The maximum absolute atomic E-state index is 5.91. The predicted molar refractivity (Wildman–Crippen MR) is 115 cm³/mol. The van der Waals surface area contributed by atoms with E-state index in [9.17, 15) is 0 Å². The van der Waals surface area contributed by atoms with Gasteiger partial charge in [0, 0.05) is 36.6 Å². The number of methoxy groups -OCH3 is 2. The molecule has 1 aromatic carbocycles. The van der Waals surface area contributed by atoms with E-state index in [0.717, 1.165) is 35.3 Å². The Labute approximate surface area is 172 Å². The monoisotopic (exact) mass is 399 g/mol. The molecule has 1 atom stereocenters. The number of ether oxygens (including phenoxy) is 2. The molecule has 2 aromatic rings. The lowest BCUT2D eigenvalue weighted by atomic mass is 9.95. The molecule has 1 aromatic heterocycles. The first-order valence-electron chi connectivity index (χ1n) is 10.2. The third-order valence-corrected chi connectivity index (χ3v) is 6.32. The average molecular weight is 400 g/mol. The van der Waals surface area contributed by atoms with Gasteiger partial charge in [-0.25, -0.2) is 0 Å². The van der Waals surface area contributed by atoms with Gasteiger partial charge < -0.3 is 24.3 Å². The Kier molecular flexibility index (Phi) is 5.76. The first kappa shape index (κ1) is 19.1. The smallest absolute Gasteiger partial charge is 0.170 e. The molecule has 1 fully saturated rings. The molecule has 1 N–H and O–H groups in total. The van der Waals surface area contributed by atoms with E-state index < -0.39 is 0 Å². The largest absolute Gasteiger partial charge is 0.497 e. The van der Waals surface area contributed by atoms with Crippen LogP contribution in [0.5, 0.6) is 11.5 Å². The van der Waals surface area contributed by atoms with Crippen molar-refractivity contribution in [3.63, 3.8) is 0 Å². The molecule has 150 valence electrons. The van der Waals surface area contributed by atoms with E-state index in [4.69, 9.17) is 21.7 Å². The molecule has 6 heteroatoms. The highest BCUT2D eigenvalue weighted by Crippen LogP contribution is 2.39. The second kappa shape index (κ2) is 8.43. The average Bonchev–Trinajstić information content (AvgIpc) is 3.22. The zero-order valence-electron chi connectivity index (χ0n) is 16.7. The van der Waals surface area contributed by atoms with Gasteiger partial charge in [0.25, 0.3) is 0 Å². The summed E-state index contributed by atoms with van der Waals surface area (Å²) in [6.45, 7) is 1.79. The molecule has 4 rings (SSSR count). The highest BCUT2D eigenvalue weighted by Gasteiger charge is 2.33. The summed E-state index contributed by atoms with van der Waals surface area (Å²) in [7, 11) is 3.41. The zero-order chi connectivity index (χ0) is 19.5. The van der Waals surface area contributed by atoms with Crippen molar-refractivity contribution in [1.82, 2.24) is 14.8 Å². The van der Waals surface area contributed by atoms with Gasteiger partial charge in [-0.1, -0.05) is 19.3 Å². The highest BCUT2D eigenvalue weighted by molar-refractivity contribution is 7.80. The van der Waals surface area contributed by atoms with Crippen LogP contribution in [-0.2, 0) is 6.54 Å². The minimum atomic E-state index is -0.00242. The van der Waals surface area contributed by atoms with Crippen LogP contribution < -0.4 is 14.8 Å². The first-order valence-corrected chi connectivity index (χ1v) is 10.6. The van der Waals surface area contributed by atoms with Crippen LogP contribution in [0.1, 0.15) is 49.4 Å². The maximum atomic E-state index is 5.91. The summed E-state index contributed by atoms with van der Waals surface area (Å²) in [5.41, 5.74) is 2.31. The highest BCUT2D eigenvalue weighted by atomic mass is 32.1. The Hall–Kier alpha value is -2.21. The fraction of sp³-hybridized carbons (Fsp3) is 0.500. The molecule has 1 saturated carbocycles. The molecule has 28 heavy (non-hydrogen) atoms. The predicted octanol–water partition coefficient (Wildman–Crippen LogP) is 4.12. The number of nitrogens with zero attached hydrogens (tertiary/aromatic N) is 2. The maximum Gasteiger partial charge on any atom is 0.170 e. The normalized spacial score (nSPS) is 19.8. The van der Waals surface area contributed by atoms with E-state index >= 15 is 0 Å². The molecule has 0 radical (unpaired) electrons. The van der Waals surface area contributed by atoms with Gasteiger partial charge in [0.15, 0.2) is 5.11 Å². The van der Waals surface area contributed by atoms with Crippen LogP contribution in [-0.4, -0.2) is 41.4 Å². The molecule has 1 aliphatic heterocycles. The van der Waals surface area contributed by atoms with E-state index in [1.165, 1.54) is 37.8 Å². The minimum absolute atomic E-state index is 0.00242. The van der Waals surface area contributed by atoms with Crippen LogP contribution in [0.25, 0.3) is 0 Å². The van der Waals surface area contributed by atoms with E-state index in [2.05, 4.69) is 39.2 Å². The zero-order valence-corrected chi connectivity index (χ0v) is 17.5. The molecule has 5 nitrogen and oxygen atoms in total. The van der Waals surface area contributed by atoms with Crippen molar-refractivity contribution >= 4 is 17.3 Å². The first-order chi connectivity index (χ1) is 13.7.